The Morgan fingerprint density at radius 1 is 1.15 bits per heavy atom. The molecule has 11 heteroatoms. The highest BCUT2D eigenvalue weighted by atomic mass is 19.4. The van der Waals surface area contributed by atoms with Crippen molar-refractivity contribution in [3.63, 3.8) is 0 Å². The fourth-order valence-electron chi connectivity index (χ4n) is 3.78. The van der Waals surface area contributed by atoms with Crippen LogP contribution in [0.4, 0.5) is 32.2 Å². The van der Waals surface area contributed by atoms with Gasteiger partial charge in [-0.3, -0.25) is 0 Å². The number of hydrogen-bond acceptors (Lipinski definition) is 4. The van der Waals surface area contributed by atoms with Crippen LogP contribution in [0.2, 0.25) is 0 Å². The number of aromatic nitrogens is 3. The van der Waals surface area contributed by atoms with Crippen LogP contribution in [0.5, 0.6) is 0 Å². The van der Waals surface area contributed by atoms with Crippen LogP contribution in [0, 0.1) is 11.8 Å². The molecule has 0 amide bonds. The fourth-order valence-corrected chi connectivity index (χ4v) is 3.78. The minimum Gasteiger partial charge on any atom is -0.383 e. The van der Waals surface area contributed by atoms with Gasteiger partial charge in [0.2, 0.25) is 0 Å². The average molecular weight is 391 g/mol. The van der Waals surface area contributed by atoms with E-state index >= 15 is 0 Å². The lowest BCUT2D eigenvalue weighted by Crippen LogP contribution is -2.20. The van der Waals surface area contributed by atoms with Crippen molar-refractivity contribution >= 4 is 5.82 Å². The lowest BCUT2D eigenvalue weighted by atomic mass is 10.1. The molecule has 1 unspecified atom stereocenters. The Hall–Kier alpha value is -2.30. The smallest absolute Gasteiger partial charge is 0.383 e. The Morgan fingerprint density at radius 2 is 1.81 bits per heavy atom. The molecule has 1 saturated heterocycles. The molecule has 1 aliphatic carbocycles. The second-order valence-electron chi connectivity index (χ2n) is 6.87. The first-order chi connectivity index (χ1) is 12.5. The third kappa shape index (κ3) is 3.35. The highest BCUT2D eigenvalue weighted by Crippen LogP contribution is 2.53. The number of fused-ring (bicyclic) bond motifs is 1. The van der Waals surface area contributed by atoms with Gasteiger partial charge in [-0.2, -0.15) is 26.3 Å². The van der Waals surface area contributed by atoms with Gasteiger partial charge in [-0.1, -0.05) is 0 Å². The molecule has 0 spiro atoms. The molecule has 2 aromatic rings. The second kappa shape index (κ2) is 5.85. The molecule has 3 heterocycles. The van der Waals surface area contributed by atoms with Crippen molar-refractivity contribution in [3.8, 4) is 11.3 Å². The molecule has 1 aliphatic heterocycles. The number of rotatable bonds is 3. The molecule has 0 bridgehead atoms. The van der Waals surface area contributed by atoms with E-state index in [4.69, 9.17) is 5.73 Å². The maximum atomic E-state index is 13.0. The monoisotopic (exact) mass is 391 g/mol. The number of nitrogens with zero attached hydrogens (tertiary/aromatic N) is 3. The third-order valence-corrected chi connectivity index (χ3v) is 5.05. The molecular weight excluding hydrogens is 376 g/mol. The molecular formula is C16H15F6N5. The zero-order valence-electron chi connectivity index (χ0n) is 13.8. The maximum Gasteiger partial charge on any atom is 0.419 e. The summed E-state index contributed by atoms with van der Waals surface area (Å²) in [6.07, 6.45) is -7.96. The van der Waals surface area contributed by atoms with Gasteiger partial charge < -0.3 is 15.6 Å². The van der Waals surface area contributed by atoms with E-state index in [9.17, 15) is 26.3 Å². The maximum absolute atomic E-state index is 13.0. The number of imidazole rings is 1. The Morgan fingerprint density at radius 3 is 2.41 bits per heavy atom. The summed E-state index contributed by atoms with van der Waals surface area (Å²) in [6, 6.07) is 0.649. The van der Waals surface area contributed by atoms with Crippen LogP contribution < -0.4 is 11.1 Å². The summed E-state index contributed by atoms with van der Waals surface area (Å²) >= 11 is 0. The Kier molecular flexibility index (Phi) is 3.92. The minimum atomic E-state index is -4.72. The first-order valence-electron chi connectivity index (χ1n) is 8.23. The van der Waals surface area contributed by atoms with E-state index in [1.54, 1.807) is 0 Å². The predicted octanol–water partition coefficient (Wildman–Crippen LogP) is 3.04. The van der Waals surface area contributed by atoms with Gasteiger partial charge in [0.05, 0.1) is 11.3 Å². The summed E-state index contributed by atoms with van der Waals surface area (Å²) in [5.41, 5.74) is 4.13. The first-order valence-corrected chi connectivity index (χ1v) is 8.23. The standard InChI is InChI=1S/C16H15F6N5/c17-15(18,19)2-12-26-11(6-27(12)13-8-4-24-5-9(8)13)7-1-10(16(20,21)22)14(23)25-3-7/h1,3,6,8-9,13,24H,2,4-5H2,(H2,23,25)/t8-,9+,13?. The van der Waals surface area contributed by atoms with Crippen molar-refractivity contribution in [3.05, 3.63) is 29.8 Å². The SMILES string of the molecule is Nc1ncc(-c2cn(C3[C@H]4CNC[C@@H]34)c(CC(F)(F)F)n2)cc1C(F)(F)F. The normalized spacial score (nSPS) is 24.9. The van der Waals surface area contributed by atoms with E-state index in [2.05, 4.69) is 15.3 Å². The van der Waals surface area contributed by atoms with Crippen LogP contribution in [-0.4, -0.2) is 33.8 Å². The fraction of sp³-hybridized carbons (Fsp3) is 0.500. The van der Waals surface area contributed by atoms with Crippen LogP contribution in [0.15, 0.2) is 18.5 Å². The molecule has 3 N–H and O–H groups in total. The number of hydrogen-bond donors (Lipinski definition) is 2. The van der Waals surface area contributed by atoms with Gasteiger partial charge in [0, 0.05) is 37.1 Å². The number of nitrogens with one attached hydrogen (secondary N) is 1. The third-order valence-electron chi connectivity index (χ3n) is 5.05. The Balaban J connectivity index is 1.74. The molecule has 146 valence electrons. The molecule has 2 fully saturated rings. The number of alkyl halides is 6. The lowest BCUT2D eigenvalue weighted by Gasteiger charge is -2.11. The molecule has 2 aliphatic rings. The Bertz CT molecular complexity index is 861. The highest BCUT2D eigenvalue weighted by Gasteiger charge is 2.55. The van der Waals surface area contributed by atoms with Crippen molar-refractivity contribution in [1.29, 1.82) is 0 Å². The average Bonchev–Trinajstić information content (AvgIpc) is 2.90. The van der Waals surface area contributed by atoms with Crippen LogP contribution in [-0.2, 0) is 12.6 Å². The van der Waals surface area contributed by atoms with Crippen LogP contribution in [0.25, 0.3) is 11.3 Å². The van der Waals surface area contributed by atoms with E-state index in [1.165, 1.54) is 10.8 Å². The quantitative estimate of drug-likeness (QED) is 0.790. The van der Waals surface area contributed by atoms with Crippen LogP contribution in [0.1, 0.15) is 17.4 Å². The molecule has 5 nitrogen and oxygen atoms in total. The van der Waals surface area contributed by atoms with Gasteiger partial charge in [0.15, 0.2) is 0 Å². The van der Waals surface area contributed by atoms with Gasteiger partial charge in [0.1, 0.15) is 18.1 Å². The number of pyridine rings is 1. The number of nitrogen functional groups attached to an aromatic ring is 1. The number of anilines is 1. The van der Waals surface area contributed by atoms with Crippen molar-refractivity contribution in [1.82, 2.24) is 19.9 Å². The highest BCUT2D eigenvalue weighted by molar-refractivity contribution is 5.62. The molecule has 0 aromatic carbocycles. The zero-order chi connectivity index (χ0) is 19.6. The van der Waals surface area contributed by atoms with Crippen molar-refractivity contribution < 1.29 is 26.3 Å². The number of halogens is 6. The van der Waals surface area contributed by atoms with Crippen molar-refractivity contribution in [2.45, 2.75) is 24.8 Å². The molecule has 0 radical (unpaired) electrons. The van der Waals surface area contributed by atoms with Crippen LogP contribution in [0.3, 0.4) is 0 Å². The largest absolute Gasteiger partial charge is 0.419 e. The van der Waals surface area contributed by atoms with E-state index in [1.807, 2.05) is 0 Å². The molecule has 2 aromatic heterocycles. The van der Waals surface area contributed by atoms with Gasteiger partial charge in [-0.25, -0.2) is 9.97 Å². The van der Waals surface area contributed by atoms with E-state index in [0.29, 0.717) is 13.1 Å². The van der Waals surface area contributed by atoms with Crippen molar-refractivity contribution in [2.75, 3.05) is 18.8 Å². The summed E-state index contributed by atoms with van der Waals surface area (Å²) in [6.45, 7) is 1.41. The number of nitrogens with two attached hydrogens (primary N) is 1. The predicted molar refractivity (Wildman–Crippen MR) is 83.5 cm³/mol. The first kappa shape index (κ1) is 18.1. The van der Waals surface area contributed by atoms with Gasteiger partial charge in [-0.15, -0.1) is 0 Å². The van der Waals surface area contributed by atoms with E-state index in [0.717, 1.165) is 12.3 Å². The van der Waals surface area contributed by atoms with E-state index < -0.39 is 30.2 Å². The summed E-state index contributed by atoms with van der Waals surface area (Å²) in [4.78, 5) is 7.51. The molecule has 3 atom stereocenters. The topological polar surface area (TPSA) is 68.8 Å². The molecule has 1 saturated carbocycles. The molecule has 4 rings (SSSR count). The second-order valence-corrected chi connectivity index (χ2v) is 6.87. The van der Waals surface area contributed by atoms with Gasteiger partial charge >= 0.3 is 12.4 Å². The Labute approximate surface area is 149 Å². The summed E-state index contributed by atoms with van der Waals surface area (Å²) in [5, 5.41) is 3.15. The van der Waals surface area contributed by atoms with Crippen molar-refractivity contribution in [2.24, 2.45) is 11.8 Å². The minimum absolute atomic E-state index is 0.0187. The molecule has 27 heavy (non-hydrogen) atoms. The number of piperidine rings is 1. The zero-order valence-corrected chi connectivity index (χ0v) is 13.8. The van der Waals surface area contributed by atoms with Gasteiger partial charge in [-0.05, 0) is 17.9 Å². The van der Waals surface area contributed by atoms with Crippen LogP contribution >= 0.6 is 0 Å². The lowest BCUT2D eigenvalue weighted by molar-refractivity contribution is -0.137. The van der Waals surface area contributed by atoms with E-state index in [-0.39, 0.29) is 35.0 Å². The summed E-state index contributed by atoms with van der Waals surface area (Å²) in [7, 11) is 0. The van der Waals surface area contributed by atoms with Gasteiger partial charge in [0.25, 0.3) is 0 Å². The summed E-state index contributed by atoms with van der Waals surface area (Å²) in [5.74, 6) is -0.463. The summed E-state index contributed by atoms with van der Waals surface area (Å²) < 4.78 is 79.4.